The first-order chi connectivity index (χ1) is 9.95. The van der Waals surface area contributed by atoms with E-state index in [1.807, 2.05) is 25.1 Å². The molecular weight excluding hydrogens is 265 g/mol. The lowest BCUT2D eigenvalue weighted by atomic mass is 10.1. The number of halogens is 1. The molecule has 0 saturated carbocycles. The predicted molar refractivity (Wildman–Crippen MR) is 84.4 cm³/mol. The van der Waals surface area contributed by atoms with Crippen LogP contribution in [0.15, 0.2) is 36.4 Å². The monoisotopic (exact) mass is 287 g/mol. The van der Waals surface area contributed by atoms with Gasteiger partial charge in [-0.3, -0.25) is 0 Å². The Kier molecular flexibility index (Phi) is 4.97. The summed E-state index contributed by atoms with van der Waals surface area (Å²) in [4.78, 5) is 0. The Bertz CT molecular complexity index is 623. The van der Waals surface area contributed by atoms with Gasteiger partial charge in [-0.25, -0.2) is 4.39 Å². The molecule has 0 unspecified atom stereocenters. The highest BCUT2D eigenvalue weighted by Gasteiger charge is 2.08. The van der Waals surface area contributed by atoms with Gasteiger partial charge >= 0.3 is 0 Å². The molecule has 2 aromatic carbocycles. The molecule has 3 heteroatoms. The Morgan fingerprint density at radius 3 is 2.48 bits per heavy atom. The van der Waals surface area contributed by atoms with E-state index in [1.54, 1.807) is 6.07 Å². The van der Waals surface area contributed by atoms with Crippen molar-refractivity contribution in [1.29, 1.82) is 0 Å². The second-order valence-corrected chi connectivity index (χ2v) is 5.64. The highest BCUT2D eigenvalue weighted by atomic mass is 19.1. The van der Waals surface area contributed by atoms with Crippen LogP contribution in [0.3, 0.4) is 0 Å². The Balaban J connectivity index is 2.23. The number of nitrogens with one attached hydrogen (secondary N) is 1. The predicted octanol–water partition coefficient (Wildman–Crippen LogP) is 4.73. The Labute approximate surface area is 126 Å². The third-order valence-electron chi connectivity index (χ3n) is 3.43. The van der Waals surface area contributed by atoms with Crippen molar-refractivity contribution in [2.45, 2.75) is 40.3 Å². The molecule has 0 radical (unpaired) electrons. The van der Waals surface area contributed by atoms with Crippen LogP contribution in [-0.4, -0.2) is 6.04 Å². The van der Waals surface area contributed by atoms with Gasteiger partial charge in [0.25, 0.3) is 0 Å². The molecule has 0 spiro atoms. The van der Waals surface area contributed by atoms with Crippen molar-refractivity contribution >= 4 is 0 Å². The fraction of sp³-hybridized carbons (Fsp3) is 0.333. The second kappa shape index (κ2) is 6.72. The molecule has 2 aromatic rings. The van der Waals surface area contributed by atoms with Crippen LogP contribution in [-0.2, 0) is 6.54 Å². The molecule has 0 aliphatic rings. The largest absolute Gasteiger partial charge is 0.457 e. The highest BCUT2D eigenvalue weighted by molar-refractivity contribution is 5.40. The van der Waals surface area contributed by atoms with Gasteiger partial charge in [0.2, 0.25) is 0 Å². The second-order valence-electron chi connectivity index (χ2n) is 5.64. The molecular formula is C18H22FNO. The summed E-state index contributed by atoms with van der Waals surface area (Å²) in [6, 6.07) is 10.9. The summed E-state index contributed by atoms with van der Waals surface area (Å²) in [6.07, 6.45) is 0. The van der Waals surface area contributed by atoms with E-state index in [9.17, 15) is 4.39 Å². The van der Waals surface area contributed by atoms with Gasteiger partial charge in [-0.1, -0.05) is 19.9 Å². The summed E-state index contributed by atoms with van der Waals surface area (Å²) in [7, 11) is 0. The van der Waals surface area contributed by atoms with Gasteiger partial charge in [0.1, 0.15) is 17.3 Å². The maximum Gasteiger partial charge on any atom is 0.132 e. The summed E-state index contributed by atoms with van der Waals surface area (Å²) in [5, 5.41) is 3.29. The van der Waals surface area contributed by atoms with Crippen molar-refractivity contribution < 1.29 is 9.13 Å². The molecule has 0 atom stereocenters. The van der Waals surface area contributed by atoms with Crippen LogP contribution in [0.5, 0.6) is 11.5 Å². The van der Waals surface area contributed by atoms with E-state index in [-0.39, 0.29) is 5.82 Å². The van der Waals surface area contributed by atoms with Crippen LogP contribution in [0.4, 0.5) is 4.39 Å². The van der Waals surface area contributed by atoms with Crippen molar-refractivity contribution in [3.8, 4) is 11.5 Å². The molecule has 2 nitrogen and oxygen atoms in total. The molecule has 0 saturated heterocycles. The van der Waals surface area contributed by atoms with Gasteiger partial charge < -0.3 is 10.1 Å². The van der Waals surface area contributed by atoms with Crippen molar-refractivity contribution in [2.75, 3.05) is 0 Å². The SMILES string of the molecule is Cc1ccc(Oc2ccc(F)cc2CNC(C)C)cc1C. The first-order valence-corrected chi connectivity index (χ1v) is 7.22. The molecule has 0 aliphatic carbocycles. The van der Waals surface area contributed by atoms with Crippen LogP contribution in [0.1, 0.15) is 30.5 Å². The van der Waals surface area contributed by atoms with Crippen LogP contribution in [0.25, 0.3) is 0 Å². The third kappa shape index (κ3) is 4.30. The minimum atomic E-state index is -0.247. The van der Waals surface area contributed by atoms with Crippen molar-refractivity contribution in [2.24, 2.45) is 0 Å². The van der Waals surface area contributed by atoms with E-state index in [2.05, 4.69) is 26.1 Å². The lowest BCUT2D eigenvalue weighted by molar-refractivity contribution is 0.466. The fourth-order valence-corrected chi connectivity index (χ4v) is 2.00. The van der Waals surface area contributed by atoms with Crippen molar-refractivity contribution in [3.05, 3.63) is 58.9 Å². The lowest BCUT2D eigenvalue weighted by Crippen LogP contribution is -2.22. The van der Waals surface area contributed by atoms with Gasteiger partial charge in [-0.15, -0.1) is 0 Å². The molecule has 0 heterocycles. The van der Waals surface area contributed by atoms with Gasteiger partial charge in [-0.05, 0) is 55.3 Å². The summed E-state index contributed by atoms with van der Waals surface area (Å²) < 4.78 is 19.4. The number of hydrogen-bond donors (Lipinski definition) is 1. The maximum absolute atomic E-state index is 13.4. The summed E-state index contributed by atoms with van der Waals surface area (Å²) in [5.74, 6) is 1.21. The van der Waals surface area contributed by atoms with Gasteiger partial charge in [-0.2, -0.15) is 0 Å². The average Bonchev–Trinajstić information content (AvgIpc) is 2.43. The summed E-state index contributed by atoms with van der Waals surface area (Å²) >= 11 is 0. The van der Waals surface area contributed by atoms with Gasteiger partial charge in [0.05, 0.1) is 0 Å². The average molecular weight is 287 g/mol. The van der Waals surface area contributed by atoms with Crippen LogP contribution < -0.4 is 10.1 Å². The van der Waals surface area contributed by atoms with Crippen molar-refractivity contribution in [3.63, 3.8) is 0 Å². The first kappa shape index (κ1) is 15.5. The maximum atomic E-state index is 13.4. The summed E-state index contributed by atoms with van der Waals surface area (Å²) in [5.41, 5.74) is 3.22. The Morgan fingerprint density at radius 1 is 1.05 bits per heavy atom. The number of ether oxygens (including phenoxy) is 1. The topological polar surface area (TPSA) is 21.3 Å². The van der Waals surface area contributed by atoms with E-state index >= 15 is 0 Å². The number of hydrogen-bond acceptors (Lipinski definition) is 2. The number of benzene rings is 2. The first-order valence-electron chi connectivity index (χ1n) is 7.22. The molecule has 2 rings (SSSR count). The quantitative estimate of drug-likeness (QED) is 0.858. The molecule has 0 amide bonds. The van der Waals surface area contributed by atoms with Crippen LogP contribution >= 0.6 is 0 Å². The minimum absolute atomic E-state index is 0.247. The molecule has 0 aliphatic heterocycles. The zero-order valence-corrected chi connectivity index (χ0v) is 13.0. The van der Waals surface area contributed by atoms with Crippen LogP contribution in [0, 0.1) is 19.7 Å². The number of rotatable bonds is 5. The fourth-order valence-electron chi connectivity index (χ4n) is 2.00. The highest BCUT2D eigenvalue weighted by Crippen LogP contribution is 2.27. The third-order valence-corrected chi connectivity index (χ3v) is 3.43. The molecule has 112 valence electrons. The van der Waals surface area contributed by atoms with E-state index in [0.29, 0.717) is 18.3 Å². The number of aryl methyl sites for hydroxylation is 2. The zero-order valence-electron chi connectivity index (χ0n) is 13.0. The standard InChI is InChI=1S/C18H22FNO/c1-12(2)20-11-15-10-16(19)6-8-18(15)21-17-7-5-13(3)14(4)9-17/h5-10,12,20H,11H2,1-4H3. The van der Waals surface area contributed by atoms with E-state index in [1.165, 1.54) is 23.3 Å². The van der Waals surface area contributed by atoms with Crippen molar-refractivity contribution in [1.82, 2.24) is 5.32 Å². The molecule has 0 fully saturated rings. The summed E-state index contributed by atoms with van der Waals surface area (Å²) in [6.45, 7) is 8.81. The normalized spacial score (nSPS) is 11.0. The minimum Gasteiger partial charge on any atom is -0.457 e. The molecule has 1 N–H and O–H groups in total. The lowest BCUT2D eigenvalue weighted by Gasteiger charge is -2.14. The van der Waals surface area contributed by atoms with Gasteiger partial charge in [0, 0.05) is 18.2 Å². The van der Waals surface area contributed by atoms with Gasteiger partial charge in [0.15, 0.2) is 0 Å². The Hall–Kier alpha value is -1.87. The zero-order chi connectivity index (χ0) is 15.4. The molecule has 0 aromatic heterocycles. The van der Waals surface area contributed by atoms with E-state index in [0.717, 1.165) is 11.3 Å². The van der Waals surface area contributed by atoms with Crippen LogP contribution in [0.2, 0.25) is 0 Å². The molecule has 0 bridgehead atoms. The Morgan fingerprint density at radius 2 is 1.81 bits per heavy atom. The smallest absolute Gasteiger partial charge is 0.132 e. The van der Waals surface area contributed by atoms with E-state index < -0.39 is 0 Å². The molecule has 21 heavy (non-hydrogen) atoms. The van der Waals surface area contributed by atoms with E-state index in [4.69, 9.17) is 4.74 Å².